The minimum Gasteiger partial charge on any atom is -0.444 e. The second kappa shape index (κ2) is 7.38. The van der Waals surface area contributed by atoms with Crippen molar-refractivity contribution in [3.63, 3.8) is 0 Å². The summed E-state index contributed by atoms with van der Waals surface area (Å²) in [6, 6.07) is 7.93. The Morgan fingerprint density at radius 2 is 2.09 bits per heavy atom. The molecule has 0 spiro atoms. The maximum Gasteiger partial charge on any atom is 0.226 e. The summed E-state index contributed by atoms with van der Waals surface area (Å²) in [5.41, 5.74) is 1.90. The van der Waals surface area contributed by atoms with E-state index in [1.165, 1.54) is 0 Å². The van der Waals surface area contributed by atoms with Gasteiger partial charge in [0.05, 0.1) is 12.0 Å². The van der Waals surface area contributed by atoms with Crippen LogP contribution < -0.4 is 5.32 Å². The minimum absolute atomic E-state index is 0.655. The van der Waals surface area contributed by atoms with Gasteiger partial charge in [0.25, 0.3) is 0 Å². The van der Waals surface area contributed by atoms with Gasteiger partial charge in [-0.25, -0.2) is 9.97 Å². The Labute approximate surface area is 137 Å². The summed E-state index contributed by atoms with van der Waals surface area (Å²) in [6.07, 6.45) is 8.37. The molecule has 1 N–H and O–H groups in total. The van der Waals surface area contributed by atoms with Gasteiger partial charge < -0.3 is 14.3 Å². The summed E-state index contributed by atoms with van der Waals surface area (Å²) in [5.74, 6) is 0.655. The molecule has 2 heterocycles. The van der Waals surface area contributed by atoms with Crippen LogP contribution >= 0.6 is 15.9 Å². The molecular weight excluding hydrogens is 344 g/mol. The molecular formula is C16H17BrN4O. The van der Waals surface area contributed by atoms with E-state index in [2.05, 4.69) is 35.8 Å². The molecule has 3 aromatic rings. The molecule has 0 aliphatic heterocycles. The first kappa shape index (κ1) is 15.0. The van der Waals surface area contributed by atoms with Gasteiger partial charge in [-0.3, -0.25) is 0 Å². The lowest BCUT2D eigenvalue weighted by Gasteiger charge is -2.03. The number of rotatable bonds is 7. The van der Waals surface area contributed by atoms with Gasteiger partial charge in [0.1, 0.15) is 6.26 Å². The number of aromatic nitrogens is 3. The van der Waals surface area contributed by atoms with Crippen molar-refractivity contribution in [3.8, 4) is 11.5 Å². The number of hydrogen-bond donors (Lipinski definition) is 1. The quantitative estimate of drug-likeness (QED) is 0.655. The van der Waals surface area contributed by atoms with Gasteiger partial charge >= 0.3 is 0 Å². The molecule has 5 nitrogen and oxygen atoms in total. The largest absolute Gasteiger partial charge is 0.444 e. The van der Waals surface area contributed by atoms with Crippen LogP contribution in [-0.2, 0) is 13.1 Å². The smallest absolute Gasteiger partial charge is 0.226 e. The van der Waals surface area contributed by atoms with Gasteiger partial charge in [-0.2, -0.15) is 0 Å². The molecule has 6 heteroatoms. The van der Waals surface area contributed by atoms with Crippen LogP contribution in [0.1, 0.15) is 12.1 Å². The van der Waals surface area contributed by atoms with Crippen LogP contribution in [0.2, 0.25) is 0 Å². The first-order chi connectivity index (χ1) is 10.8. The Morgan fingerprint density at radius 1 is 1.23 bits per heavy atom. The van der Waals surface area contributed by atoms with E-state index in [9.17, 15) is 0 Å². The van der Waals surface area contributed by atoms with Crippen LogP contribution in [0.5, 0.6) is 0 Å². The van der Waals surface area contributed by atoms with Gasteiger partial charge in [0.15, 0.2) is 0 Å². The minimum atomic E-state index is 0.655. The highest BCUT2D eigenvalue weighted by atomic mass is 79.9. The molecule has 3 rings (SSSR count). The predicted molar refractivity (Wildman–Crippen MR) is 88.2 cm³/mol. The van der Waals surface area contributed by atoms with Crippen LogP contribution in [0.3, 0.4) is 0 Å². The maximum absolute atomic E-state index is 5.53. The van der Waals surface area contributed by atoms with Crippen molar-refractivity contribution in [2.24, 2.45) is 0 Å². The first-order valence-electron chi connectivity index (χ1n) is 7.18. The molecule has 0 unspecified atom stereocenters. The third kappa shape index (κ3) is 4.05. The monoisotopic (exact) mass is 360 g/mol. The summed E-state index contributed by atoms with van der Waals surface area (Å²) < 4.78 is 8.64. The van der Waals surface area contributed by atoms with Crippen molar-refractivity contribution in [2.45, 2.75) is 19.5 Å². The summed E-state index contributed by atoms with van der Waals surface area (Å²) in [6.45, 7) is 2.61. The third-order valence-electron chi connectivity index (χ3n) is 3.28. The Balaban J connectivity index is 1.44. The lowest BCUT2D eigenvalue weighted by atomic mass is 10.2. The number of nitrogens with one attached hydrogen (secondary N) is 1. The fourth-order valence-electron chi connectivity index (χ4n) is 2.14. The number of halogens is 1. The van der Waals surface area contributed by atoms with E-state index >= 15 is 0 Å². The Hall–Kier alpha value is -1.92. The number of imidazole rings is 1. The molecule has 1 aromatic carbocycles. The maximum atomic E-state index is 5.53. The second-order valence-electron chi connectivity index (χ2n) is 4.98. The molecule has 0 aliphatic rings. The molecule has 0 radical (unpaired) electrons. The lowest BCUT2D eigenvalue weighted by molar-refractivity contribution is 0.562. The number of nitrogens with zero attached hydrogens (tertiary/aromatic N) is 3. The number of aryl methyl sites for hydroxylation is 1. The summed E-state index contributed by atoms with van der Waals surface area (Å²) in [7, 11) is 0. The topological polar surface area (TPSA) is 55.9 Å². The highest BCUT2D eigenvalue weighted by molar-refractivity contribution is 9.10. The molecule has 0 saturated carbocycles. The zero-order chi connectivity index (χ0) is 15.2. The molecule has 0 atom stereocenters. The average Bonchev–Trinajstić information content (AvgIpc) is 3.19. The molecule has 0 amide bonds. The van der Waals surface area contributed by atoms with E-state index < -0.39 is 0 Å². The number of benzene rings is 1. The van der Waals surface area contributed by atoms with E-state index in [4.69, 9.17) is 4.42 Å². The van der Waals surface area contributed by atoms with E-state index in [0.29, 0.717) is 12.4 Å². The van der Waals surface area contributed by atoms with Crippen molar-refractivity contribution in [1.82, 2.24) is 19.9 Å². The van der Waals surface area contributed by atoms with Crippen molar-refractivity contribution >= 4 is 15.9 Å². The van der Waals surface area contributed by atoms with E-state index in [0.717, 1.165) is 35.2 Å². The van der Waals surface area contributed by atoms with Crippen LogP contribution in [0.4, 0.5) is 0 Å². The van der Waals surface area contributed by atoms with Gasteiger partial charge in [-0.1, -0.05) is 15.9 Å². The van der Waals surface area contributed by atoms with Crippen molar-refractivity contribution in [2.75, 3.05) is 6.54 Å². The van der Waals surface area contributed by atoms with Crippen LogP contribution in [-0.4, -0.2) is 21.1 Å². The SMILES string of the molecule is Brc1ccc(-c2nc(CNCCCn3ccnc3)co2)cc1. The molecule has 22 heavy (non-hydrogen) atoms. The highest BCUT2D eigenvalue weighted by Crippen LogP contribution is 2.21. The van der Waals surface area contributed by atoms with Gasteiger partial charge in [-0.05, 0) is 37.2 Å². The molecule has 2 aromatic heterocycles. The van der Waals surface area contributed by atoms with Crippen LogP contribution in [0, 0.1) is 0 Å². The molecule has 114 valence electrons. The number of oxazole rings is 1. The number of hydrogen-bond acceptors (Lipinski definition) is 4. The molecule has 0 saturated heterocycles. The highest BCUT2D eigenvalue weighted by Gasteiger charge is 2.06. The standard InChI is InChI=1S/C16H17BrN4O/c17-14-4-2-13(3-5-14)16-20-15(11-22-16)10-18-6-1-8-21-9-7-19-12-21/h2-5,7,9,11-12,18H,1,6,8,10H2. The second-order valence-corrected chi connectivity index (χ2v) is 5.90. The van der Waals surface area contributed by atoms with E-state index in [1.807, 2.05) is 36.8 Å². The zero-order valence-corrected chi connectivity index (χ0v) is 13.7. The Kier molecular flexibility index (Phi) is 5.03. The summed E-state index contributed by atoms with van der Waals surface area (Å²) in [5, 5.41) is 3.37. The van der Waals surface area contributed by atoms with E-state index in [-0.39, 0.29) is 0 Å². The zero-order valence-electron chi connectivity index (χ0n) is 12.1. The molecule has 0 aliphatic carbocycles. The third-order valence-corrected chi connectivity index (χ3v) is 3.81. The Bertz CT molecular complexity index is 691. The van der Waals surface area contributed by atoms with E-state index in [1.54, 1.807) is 12.5 Å². The lowest BCUT2D eigenvalue weighted by Crippen LogP contribution is -2.16. The van der Waals surface area contributed by atoms with Gasteiger partial charge in [-0.15, -0.1) is 0 Å². The average molecular weight is 361 g/mol. The van der Waals surface area contributed by atoms with Gasteiger partial charge in [0.2, 0.25) is 5.89 Å². The summed E-state index contributed by atoms with van der Waals surface area (Å²) >= 11 is 3.42. The van der Waals surface area contributed by atoms with Crippen LogP contribution in [0.15, 0.2) is 58.1 Å². The van der Waals surface area contributed by atoms with Crippen molar-refractivity contribution in [1.29, 1.82) is 0 Å². The van der Waals surface area contributed by atoms with Crippen molar-refractivity contribution < 1.29 is 4.42 Å². The fourth-order valence-corrected chi connectivity index (χ4v) is 2.40. The predicted octanol–water partition coefficient (Wildman–Crippen LogP) is 3.48. The summed E-state index contributed by atoms with van der Waals surface area (Å²) in [4.78, 5) is 8.52. The van der Waals surface area contributed by atoms with Crippen molar-refractivity contribution in [3.05, 3.63) is 59.4 Å². The van der Waals surface area contributed by atoms with Gasteiger partial charge in [0, 0.05) is 35.5 Å². The van der Waals surface area contributed by atoms with Crippen LogP contribution in [0.25, 0.3) is 11.5 Å². The fraction of sp³-hybridized carbons (Fsp3) is 0.250. The molecule has 0 bridgehead atoms. The Morgan fingerprint density at radius 3 is 2.86 bits per heavy atom. The normalized spacial score (nSPS) is 11.0. The molecule has 0 fully saturated rings. The first-order valence-corrected chi connectivity index (χ1v) is 7.97.